The maximum Gasteiger partial charge on any atom is 0.219 e. The van der Waals surface area contributed by atoms with Crippen LogP contribution in [-0.4, -0.2) is 43.8 Å². The normalized spacial score (nSPS) is 17.0. The van der Waals surface area contributed by atoms with E-state index in [-0.39, 0.29) is 24.7 Å². The van der Waals surface area contributed by atoms with Crippen LogP contribution in [0, 0.1) is 0 Å². The van der Waals surface area contributed by atoms with Crippen molar-refractivity contribution in [2.24, 2.45) is 10.7 Å². The molecule has 1 aliphatic heterocycles. The van der Waals surface area contributed by atoms with Crippen LogP contribution in [0.2, 0.25) is 0 Å². The lowest BCUT2D eigenvalue weighted by Gasteiger charge is -2.15. The van der Waals surface area contributed by atoms with E-state index in [1.165, 1.54) is 4.57 Å². The number of aliphatic hydroxyl groups excluding tert-OH is 2. The van der Waals surface area contributed by atoms with E-state index in [1.807, 2.05) is 12.1 Å². The van der Waals surface area contributed by atoms with Crippen molar-refractivity contribution < 1.29 is 15.3 Å². The van der Waals surface area contributed by atoms with Crippen molar-refractivity contribution >= 4 is 29.2 Å². The summed E-state index contributed by atoms with van der Waals surface area (Å²) >= 11 is 0. The Morgan fingerprint density at radius 2 is 2.12 bits per heavy atom. The SMILES string of the molecule is CC(O)C(N)c1nc(C=C2C=Nc3cccc(N)c32)c(O)n1CCO. The number of nitrogen functional groups attached to an aromatic ring is 1. The van der Waals surface area contributed by atoms with Gasteiger partial charge in [0, 0.05) is 23.0 Å². The van der Waals surface area contributed by atoms with Crippen molar-refractivity contribution in [1.82, 2.24) is 9.55 Å². The highest BCUT2D eigenvalue weighted by molar-refractivity contribution is 6.23. The van der Waals surface area contributed by atoms with Crippen molar-refractivity contribution in [3.05, 3.63) is 35.3 Å². The van der Waals surface area contributed by atoms with E-state index in [0.29, 0.717) is 17.1 Å². The molecular weight excluding hydrogens is 322 g/mol. The maximum atomic E-state index is 10.5. The number of aromatic hydroxyl groups is 1. The highest BCUT2D eigenvalue weighted by Gasteiger charge is 2.24. The number of imidazole rings is 1. The number of nitrogens with zero attached hydrogens (tertiary/aromatic N) is 3. The first-order chi connectivity index (χ1) is 11.9. The zero-order chi connectivity index (χ0) is 18.1. The second-order valence-corrected chi connectivity index (χ2v) is 5.92. The van der Waals surface area contributed by atoms with Gasteiger partial charge in [-0.05, 0) is 25.1 Å². The molecule has 8 nitrogen and oxygen atoms in total. The monoisotopic (exact) mass is 343 g/mol. The van der Waals surface area contributed by atoms with E-state index in [4.69, 9.17) is 11.5 Å². The number of aromatic nitrogens is 2. The summed E-state index contributed by atoms with van der Waals surface area (Å²) < 4.78 is 1.39. The van der Waals surface area contributed by atoms with Gasteiger partial charge >= 0.3 is 0 Å². The summed E-state index contributed by atoms with van der Waals surface area (Å²) in [6, 6.07) is 4.66. The number of aliphatic imine (C=N–C) groups is 1. The average molecular weight is 343 g/mol. The largest absolute Gasteiger partial charge is 0.493 e. The number of hydrogen-bond acceptors (Lipinski definition) is 7. The number of fused-ring (bicyclic) bond motifs is 1. The summed E-state index contributed by atoms with van der Waals surface area (Å²) in [6.07, 6.45) is 2.46. The Kier molecular flexibility index (Phi) is 4.58. The zero-order valence-electron chi connectivity index (χ0n) is 13.8. The van der Waals surface area contributed by atoms with Crippen LogP contribution in [0.3, 0.4) is 0 Å². The summed E-state index contributed by atoms with van der Waals surface area (Å²) in [5, 5.41) is 29.5. The van der Waals surface area contributed by atoms with Crippen LogP contribution in [0.25, 0.3) is 11.6 Å². The fourth-order valence-corrected chi connectivity index (χ4v) is 2.81. The van der Waals surface area contributed by atoms with Crippen LogP contribution in [0.1, 0.15) is 30.0 Å². The third kappa shape index (κ3) is 3.02. The second kappa shape index (κ2) is 6.67. The third-order valence-electron chi connectivity index (χ3n) is 4.14. The molecule has 25 heavy (non-hydrogen) atoms. The standard InChI is InChI=1S/C17H21N5O3/c1-9(24)15(19)16-21-13(17(25)22(16)5-6-23)7-10-8-20-12-4-2-3-11(18)14(10)12/h2-4,7-9,15,23-25H,5-6,18-19H2,1H3. The number of anilines is 1. The smallest absolute Gasteiger partial charge is 0.219 e. The molecule has 0 spiro atoms. The molecule has 2 aromatic rings. The summed E-state index contributed by atoms with van der Waals surface area (Å²) in [6.45, 7) is 1.46. The van der Waals surface area contributed by atoms with E-state index in [2.05, 4.69) is 9.98 Å². The van der Waals surface area contributed by atoms with Crippen molar-refractivity contribution in [1.29, 1.82) is 0 Å². The van der Waals surface area contributed by atoms with Gasteiger partial charge < -0.3 is 26.8 Å². The summed E-state index contributed by atoms with van der Waals surface area (Å²) in [7, 11) is 0. The van der Waals surface area contributed by atoms with Gasteiger partial charge in [-0.3, -0.25) is 9.56 Å². The van der Waals surface area contributed by atoms with Gasteiger partial charge in [0.25, 0.3) is 0 Å². The lowest BCUT2D eigenvalue weighted by molar-refractivity contribution is 0.156. The molecule has 1 aromatic heterocycles. The molecule has 1 aliphatic rings. The Labute approximate surface area is 144 Å². The molecule has 7 N–H and O–H groups in total. The Morgan fingerprint density at radius 3 is 2.80 bits per heavy atom. The highest BCUT2D eigenvalue weighted by atomic mass is 16.3. The molecule has 132 valence electrons. The molecule has 3 rings (SSSR count). The summed E-state index contributed by atoms with van der Waals surface area (Å²) in [5.41, 5.74) is 15.1. The lowest BCUT2D eigenvalue weighted by atomic mass is 10.0. The highest BCUT2D eigenvalue weighted by Crippen LogP contribution is 2.37. The maximum absolute atomic E-state index is 10.5. The predicted molar refractivity (Wildman–Crippen MR) is 96.5 cm³/mol. The molecule has 2 unspecified atom stereocenters. The van der Waals surface area contributed by atoms with Crippen molar-refractivity contribution in [3.8, 4) is 5.88 Å². The number of aliphatic hydroxyl groups is 2. The molecule has 1 aromatic carbocycles. The van der Waals surface area contributed by atoms with E-state index < -0.39 is 12.1 Å². The topological polar surface area (TPSA) is 143 Å². The average Bonchev–Trinajstić information content (AvgIpc) is 3.12. The molecule has 2 atom stereocenters. The Balaban J connectivity index is 2.08. The van der Waals surface area contributed by atoms with Gasteiger partial charge in [-0.25, -0.2) is 4.98 Å². The summed E-state index contributed by atoms with van der Waals surface area (Å²) in [4.78, 5) is 8.66. The van der Waals surface area contributed by atoms with Crippen LogP contribution < -0.4 is 11.5 Å². The van der Waals surface area contributed by atoms with Crippen molar-refractivity contribution in [3.63, 3.8) is 0 Å². The quantitative estimate of drug-likeness (QED) is 0.508. The van der Waals surface area contributed by atoms with Gasteiger partial charge in [0.05, 0.1) is 31.0 Å². The number of rotatable bonds is 5. The number of nitrogens with two attached hydrogens (primary N) is 2. The minimum absolute atomic E-state index is 0.116. The molecule has 0 aliphatic carbocycles. The van der Waals surface area contributed by atoms with Crippen LogP contribution in [0.15, 0.2) is 23.2 Å². The fourth-order valence-electron chi connectivity index (χ4n) is 2.81. The Morgan fingerprint density at radius 1 is 1.36 bits per heavy atom. The molecule has 0 radical (unpaired) electrons. The minimum atomic E-state index is -0.857. The van der Waals surface area contributed by atoms with Crippen molar-refractivity contribution in [2.75, 3.05) is 12.3 Å². The van der Waals surface area contributed by atoms with Gasteiger partial charge in [-0.1, -0.05) is 6.07 Å². The van der Waals surface area contributed by atoms with Crippen LogP contribution in [-0.2, 0) is 6.54 Å². The van der Waals surface area contributed by atoms with Gasteiger partial charge in [0.15, 0.2) is 0 Å². The van der Waals surface area contributed by atoms with Gasteiger partial charge in [0.2, 0.25) is 5.88 Å². The first-order valence-corrected chi connectivity index (χ1v) is 7.92. The second-order valence-electron chi connectivity index (χ2n) is 5.92. The number of hydrogen-bond donors (Lipinski definition) is 5. The lowest BCUT2D eigenvalue weighted by Crippen LogP contribution is -2.27. The molecule has 8 heteroatoms. The first-order valence-electron chi connectivity index (χ1n) is 7.92. The molecule has 0 saturated heterocycles. The van der Waals surface area contributed by atoms with E-state index in [1.54, 1.807) is 25.3 Å². The minimum Gasteiger partial charge on any atom is -0.493 e. The molecular formula is C17H21N5O3. The molecule has 0 bridgehead atoms. The molecule has 2 heterocycles. The van der Waals surface area contributed by atoms with E-state index >= 15 is 0 Å². The summed E-state index contributed by atoms with van der Waals surface area (Å²) in [5.74, 6) is 0.161. The van der Waals surface area contributed by atoms with Crippen LogP contribution in [0.4, 0.5) is 11.4 Å². The van der Waals surface area contributed by atoms with Crippen LogP contribution in [0.5, 0.6) is 5.88 Å². The van der Waals surface area contributed by atoms with Crippen LogP contribution >= 0.6 is 0 Å². The number of benzene rings is 1. The van der Waals surface area contributed by atoms with Gasteiger partial charge in [-0.2, -0.15) is 0 Å². The van der Waals surface area contributed by atoms with Crippen molar-refractivity contribution in [2.45, 2.75) is 25.6 Å². The van der Waals surface area contributed by atoms with E-state index in [9.17, 15) is 15.3 Å². The van der Waals surface area contributed by atoms with Gasteiger partial charge in [-0.15, -0.1) is 0 Å². The number of allylic oxidation sites excluding steroid dienone is 1. The molecule has 0 amide bonds. The zero-order valence-corrected chi connectivity index (χ0v) is 13.8. The first kappa shape index (κ1) is 17.2. The Hall–Kier alpha value is -2.68. The van der Waals surface area contributed by atoms with Gasteiger partial charge in [0.1, 0.15) is 11.5 Å². The Bertz CT molecular complexity index is 854. The van der Waals surface area contributed by atoms with E-state index in [0.717, 1.165) is 11.3 Å². The third-order valence-corrected chi connectivity index (χ3v) is 4.14. The predicted octanol–water partition coefficient (Wildman–Crippen LogP) is 0.800. The molecule has 0 saturated carbocycles. The fraction of sp³-hybridized carbons (Fsp3) is 0.294. The molecule has 0 fully saturated rings.